The van der Waals surface area contributed by atoms with Crippen LogP contribution in [-0.2, 0) is 4.74 Å². The number of nitrogen functional groups attached to an aromatic ring is 1. The Hall–Kier alpha value is -2.05. The first-order chi connectivity index (χ1) is 9.92. The lowest BCUT2D eigenvalue weighted by Crippen LogP contribution is -2.07. The van der Waals surface area contributed by atoms with Crippen LogP contribution in [0.1, 0.15) is 10.4 Å². The first-order valence-electron chi connectivity index (χ1n) is 5.67. The van der Waals surface area contributed by atoms with Gasteiger partial charge in [-0.3, -0.25) is 0 Å². The van der Waals surface area contributed by atoms with E-state index in [1.807, 2.05) is 0 Å². The van der Waals surface area contributed by atoms with Crippen molar-refractivity contribution in [3.05, 3.63) is 45.8 Å². The summed E-state index contributed by atoms with van der Waals surface area (Å²) in [6.45, 7) is 0. The van der Waals surface area contributed by atoms with Crippen molar-refractivity contribution < 1.29 is 13.9 Å². The van der Waals surface area contributed by atoms with E-state index in [9.17, 15) is 9.18 Å². The molecule has 0 amide bonds. The van der Waals surface area contributed by atoms with E-state index in [0.29, 0.717) is 0 Å². The van der Waals surface area contributed by atoms with Gasteiger partial charge in [-0.2, -0.15) is 0 Å². The van der Waals surface area contributed by atoms with E-state index in [1.54, 1.807) is 0 Å². The number of benzene rings is 1. The number of methoxy groups -OCH3 is 1. The summed E-state index contributed by atoms with van der Waals surface area (Å²) < 4.78 is 17.7. The number of carbonyl (C=O) groups excluding carboxylic acids is 1. The first kappa shape index (κ1) is 15.3. The summed E-state index contributed by atoms with van der Waals surface area (Å²) >= 11 is 11.8. The molecule has 0 saturated carbocycles. The number of hydrogen-bond donors (Lipinski definition) is 2. The maximum atomic E-state index is 13.1. The Morgan fingerprint density at radius 2 is 1.95 bits per heavy atom. The Morgan fingerprint density at radius 1 is 1.33 bits per heavy atom. The first-order valence-corrected chi connectivity index (χ1v) is 6.43. The second kappa shape index (κ2) is 6.15. The fourth-order valence-corrected chi connectivity index (χ4v) is 2.17. The number of carbonyl (C=O) groups is 1. The Morgan fingerprint density at radius 3 is 2.52 bits per heavy atom. The van der Waals surface area contributed by atoms with E-state index in [-0.39, 0.29) is 32.8 Å². The average molecular weight is 330 g/mol. The van der Waals surface area contributed by atoms with Crippen LogP contribution in [0.4, 0.5) is 21.6 Å². The smallest absolute Gasteiger partial charge is 0.340 e. The Bertz CT molecular complexity index is 687. The highest BCUT2D eigenvalue weighted by Crippen LogP contribution is 2.33. The number of pyridine rings is 1. The van der Waals surface area contributed by atoms with Gasteiger partial charge in [-0.25, -0.2) is 14.2 Å². The molecule has 0 radical (unpaired) electrons. The number of nitrogens with two attached hydrogens (primary N) is 1. The summed E-state index contributed by atoms with van der Waals surface area (Å²) in [5, 5.41) is 2.97. The van der Waals surface area contributed by atoms with Crippen LogP contribution in [0.2, 0.25) is 10.0 Å². The van der Waals surface area contributed by atoms with Gasteiger partial charge in [0.15, 0.2) is 0 Å². The van der Waals surface area contributed by atoms with E-state index in [2.05, 4.69) is 15.0 Å². The van der Waals surface area contributed by atoms with Crippen LogP contribution in [0.3, 0.4) is 0 Å². The monoisotopic (exact) mass is 329 g/mol. The van der Waals surface area contributed by atoms with Gasteiger partial charge in [-0.05, 0) is 18.2 Å². The van der Waals surface area contributed by atoms with Gasteiger partial charge in [0.1, 0.15) is 11.6 Å². The molecule has 0 saturated heterocycles. The molecular weight excluding hydrogens is 320 g/mol. The lowest BCUT2D eigenvalue weighted by atomic mass is 10.2. The summed E-state index contributed by atoms with van der Waals surface area (Å²) in [5.41, 5.74) is 6.23. The molecule has 1 heterocycles. The van der Waals surface area contributed by atoms with Gasteiger partial charge in [0.2, 0.25) is 0 Å². The molecular formula is C13H10Cl2FN3O2. The molecule has 2 rings (SSSR count). The van der Waals surface area contributed by atoms with E-state index in [1.165, 1.54) is 19.4 Å². The predicted octanol–water partition coefficient (Wildman–Crippen LogP) is 3.64. The number of hydrogen-bond acceptors (Lipinski definition) is 5. The summed E-state index contributed by atoms with van der Waals surface area (Å²) in [7, 11) is 1.24. The Kier molecular flexibility index (Phi) is 4.50. The fraction of sp³-hybridized carbons (Fsp3) is 0.0769. The van der Waals surface area contributed by atoms with Gasteiger partial charge in [0, 0.05) is 0 Å². The van der Waals surface area contributed by atoms with Gasteiger partial charge < -0.3 is 15.8 Å². The summed E-state index contributed by atoms with van der Waals surface area (Å²) in [4.78, 5) is 15.6. The maximum Gasteiger partial charge on any atom is 0.340 e. The number of halogens is 3. The summed E-state index contributed by atoms with van der Waals surface area (Å²) in [5.74, 6) is -0.898. The molecule has 21 heavy (non-hydrogen) atoms. The van der Waals surface area contributed by atoms with Crippen molar-refractivity contribution in [1.29, 1.82) is 0 Å². The molecule has 0 atom stereocenters. The van der Waals surface area contributed by atoms with Crippen LogP contribution in [0.25, 0.3) is 0 Å². The van der Waals surface area contributed by atoms with Gasteiger partial charge in [0.05, 0.1) is 40.3 Å². The standard InChI is InChI=1S/C13H10Cl2FN3O2/c1-21-13(20)7-4-11(18-5-10(7)17)19-12-8(14)2-6(16)3-9(12)15/h2-5H,17H2,1H3,(H,18,19). The van der Waals surface area contributed by atoms with E-state index in [4.69, 9.17) is 28.9 Å². The number of ether oxygens (including phenoxy) is 1. The van der Waals surface area contributed by atoms with Crippen LogP contribution >= 0.6 is 23.2 Å². The van der Waals surface area contributed by atoms with Crippen LogP contribution in [0, 0.1) is 5.82 Å². The zero-order valence-electron chi connectivity index (χ0n) is 10.8. The van der Waals surface area contributed by atoms with Gasteiger partial charge in [0.25, 0.3) is 0 Å². The minimum atomic E-state index is -0.603. The van der Waals surface area contributed by atoms with Crippen molar-refractivity contribution in [2.75, 3.05) is 18.2 Å². The van der Waals surface area contributed by atoms with Crippen molar-refractivity contribution in [1.82, 2.24) is 4.98 Å². The second-order valence-corrected chi connectivity index (χ2v) is 4.83. The number of rotatable bonds is 3. The zero-order chi connectivity index (χ0) is 15.6. The van der Waals surface area contributed by atoms with Crippen LogP contribution in [0.5, 0.6) is 0 Å². The minimum absolute atomic E-state index is 0.0817. The third-order valence-corrected chi connectivity index (χ3v) is 3.20. The number of nitrogens with one attached hydrogen (secondary N) is 1. The van der Waals surface area contributed by atoms with Crippen molar-refractivity contribution in [3.8, 4) is 0 Å². The maximum absolute atomic E-state index is 13.1. The molecule has 2 aromatic rings. The Labute approximate surface area is 129 Å². The molecule has 0 aliphatic rings. The van der Waals surface area contributed by atoms with Gasteiger partial charge >= 0.3 is 5.97 Å². The van der Waals surface area contributed by atoms with E-state index >= 15 is 0 Å². The van der Waals surface area contributed by atoms with Crippen LogP contribution in [0.15, 0.2) is 24.4 Å². The molecule has 8 heteroatoms. The van der Waals surface area contributed by atoms with E-state index in [0.717, 1.165) is 12.1 Å². The van der Waals surface area contributed by atoms with Crippen LogP contribution in [-0.4, -0.2) is 18.1 Å². The molecule has 0 aliphatic carbocycles. The van der Waals surface area contributed by atoms with Crippen molar-refractivity contribution in [3.63, 3.8) is 0 Å². The topological polar surface area (TPSA) is 77.2 Å². The molecule has 0 unspecified atom stereocenters. The average Bonchev–Trinajstić information content (AvgIpc) is 2.43. The third kappa shape index (κ3) is 3.34. The lowest BCUT2D eigenvalue weighted by Gasteiger charge is -2.11. The normalized spacial score (nSPS) is 10.3. The summed E-state index contributed by atoms with van der Waals surface area (Å²) in [6, 6.07) is 3.60. The zero-order valence-corrected chi connectivity index (χ0v) is 12.3. The largest absolute Gasteiger partial charge is 0.465 e. The highest BCUT2D eigenvalue weighted by atomic mass is 35.5. The Balaban J connectivity index is 2.39. The van der Waals surface area contributed by atoms with Crippen molar-refractivity contribution >= 4 is 46.4 Å². The van der Waals surface area contributed by atoms with Crippen molar-refractivity contribution in [2.24, 2.45) is 0 Å². The molecule has 1 aromatic carbocycles. The minimum Gasteiger partial charge on any atom is -0.465 e. The molecule has 0 bridgehead atoms. The molecule has 1 aromatic heterocycles. The molecule has 0 spiro atoms. The molecule has 0 aliphatic heterocycles. The molecule has 5 nitrogen and oxygen atoms in total. The highest BCUT2D eigenvalue weighted by Gasteiger charge is 2.14. The molecule has 3 N–H and O–H groups in total. The number of aromatic nitrogens is 1. The quantitative estimate of drug-likeness (QED) is 0.840. The lowest BCUT2D eigenvalue weighted by molar-refractivity contribution is 0.0602. The van der Waals surface area contributed by atoms with Crippen LogP contribution < -0.4 is 11.1 Å². The third-order valence-electron chi connectivity index (χ3n) is 2.60. The van der Waals surface area contributed by atoms with Gasteiger partial charge in [-0.1, -0.05) is 23.2 Å². The number of anilines is 3. The second-order valence-electron chi connectivity index (χ2n) is 4.02. The fourth-order valence-electron chi connectivity index (χ4n) is 1.61. The van der Waals surface area contributed by atoms with Crippen molar-refractivity contribution in [2.45, 2.75) is 0 Å². The number of esters is 1. The predicted molar refractivity (Wildman–Crippen MR) is 79.7 cm³/mol. The molecule has 110 valence electrons. The van der Waals surface area contributed by atoms with Gasteiger partial charge in [-0.15, -0.1) is 0 Å². The van der Waals surface area contributed by atoms with E-state index < -0.39 is 11.8 Å². The molecule has 0 fully saturated rings. The highest BCUT2D eigenvalue weighted by molar-refractivity contribution is 6.39. The number of nitrogens with zero attached hydrogens (tertiary/aromatic N) is 1. The summed E-state index contributed by atoms with van der Waals surface area (Å²) in [6.07, 6.45) is 1.29. The SMILES string of the molecule is COC(=O)c1cc(Nc2c(Cl)cc(F)cc2Cl)ncc1N.